The number of unbranched alkanes of at least 4 members (excludes halogenated alkanes) is 2. The van der Waals surface area contributed by atoms with Crippen molar-refractivity contribution in [3.63, 3.8) is 0 Å². The number of methoxy groups -OCH3 is 2. The first-order valence-corrected chi connectivity index (χ1v) is 8.39. The highest BCUT2D eigenvalue weighted by Gasteiger charge is 2.84. The van der Waals surface area contributed by atoms with Crippen molar-refractivity contribution in [2.45, 2.75) is 48.1 Å². The Balaban J connectivity index is 2.54. The minimum atomic E-state index is -1.69. The van der Waals surface area contributed by atoms with Crippen LogP contribution in [-0.2, 0) is 14.3 Å². The van der Waals surface area contributed by atoms with Crippen molar-refractivity contribution < 1.29 is 14.3 Å². The molecular formula is C14H18Cl4O3. The first kappa shape index (κ1) is 17.8. The van der Waals surface area contributed by atoms with Crippen LogP contribution in [0.25, 0.3) is 0 Å². The molecule has 3 atom stereocenters. The molecule has 0 aromatic heterocycles. The van der Waals surface area contributed by atoms with Crippen LogP contribution in [0.2, 0.25) is 0 Å². The predicted molar refractivity (Wildman–Crippen MR) is 85.3 cm³/mol. The second kappa shape index (κ2) is 5.85. The summed E-state index contributed by atoms with van der Waals surface area (Å²) in [6.45, 7) is 2.08. The summed E-state index contributed by atoms with van der Waals surface area (Å²) in [6.07, 6.45) is 3.44. The molecule has 0 amide bonds. The van der Waals surface area contributed by atoms with Gasteiger partial charge in [-0.15, -0.1) is 11.6 Å². The third-order valence-corrected chi connectivity index (χ3v) is 7.13. The Morgan fingerprint density at radius 2 is 1.67 bits per heavy atom. The molecule has 120 valence electrons. The van der Waals surface area contributed by atoms with Crippen molar-refractivity contribution in [2.24, 2.45) is 5.92 Å². The summed E-state index contributed by atoms with van der Waals surface area (Å²) < 4.78 is 10.9. The molecule has 0 aromatic carbocycles. The van der Waals surface area contributed by atoms with Gasteiger partial charge in [-0.2, -0.15) is 0 Å². The predicted octanol–water partition coefficient (Wildman–Crippen LogP) is 4.41. The molecule has 0 N–H and O–H groups in total. The van der Waals surface area contributed by atoms with E-state index in [-0.39, 0.29) is 15.8 Å². The summed E-state index contributed by atoms with van der Waals surface area (Å²) in [5, 5.41) is 0.145. The number of carbonyl (C=O) groups is 1. The highest BCUT2D eigenvalue weighted by atomic mass is 35.5. The quantitative estimate of drug-likeness (QED) is 0.391. The number of rotatable bonds is 6. The molecule has 0 saturated heterocycles. The van der Waals surface area contributed by atoms with E-state index < -0.39 is 21.5 Å². The molecule has 21 heavy (non-hydrogen) atoms. The van der Waals surface area contributed by atoms with Crippen LogP contribution in [0, 0.1) is 5.92 Å². The summed E-state index contributed by atoms with van der Waals surface area (Å²) in [6, 6.07) is 0. The number of hydrogen-bond acceptors (Lipinski definition) is 3. The van der Waals surface area contributed by atoms with Crippen LogP contribution in [-0.4, -0.2) is 35.5 Å². The Hall–Kier alpha value is 0.490. The number of halogens is 4. The first-order chi connectivity index (χ1) is 9.79. The van der Waals surface area contributed by atoms with Gasteiger partial charge in [-0.25, -0.2) is 0 Å². The number of alkyl halides is 2. The summed E-state index contributed by atoms with van der Waals surface area (Å²) in [4.78, 5) is 9.75. The Bertz CT molecular complexity index is 489. The minimum Gasteiger partial charge on any atom is -0.349 e. The van der Waals surface area contributed by atoms with Crippen LogP contribution in [0.5, 0.6) is 0 Å². The van der Waals surface area contributed by atoms with Crippen LogP contribution in [0.4, 0.5) is 0 Å². The van der Waals surface area contributed by atoms with Crippen LogP contribution in [0.1, 0.15) is 32.6 Å². The van der Waals surface area contributed by atoms with Gasteiger partial charge in [-0.3, -0.25) is 4.79 Å². The van der Waals surface area contributed by atoms with E-state index in [9.17, 15) is 4.79 Å². The van der Waals surface area contributed by atoms with E-state index >= 15 is 0 Å². The van der Waals surface area contributed by atoms with E-state index in [4.69, 9.17) is 55.9 Å². The topological polar surface area (TPSA) is 35.5 Å². The summed E-state index contributed by atoms with van der Waals surface area (Å²) in [7, 11) is 2.78. The molecule has 3 nitrogen and oxygen atoms in total. The fraction of sp³-hybridized carbons (Fsp3) is 0.786. The van der Waals surface area contributed by atoms with Crippen molar-refractivity contribution in [3.05, 3.63) is 10.1 Å². The van der Waals surface area contributed by atoms with Crippen molar-refractivity contribution >= 4 is 52.2 Å². The Labute approximate surface area is 144 Å². The lowest BCUT2D eigenvalue weighted by molar-refractivity contribution is -0.218. The molecular weight excluding hydrogens is 358 g/mol. The molecule has 2 aliphatic carbocycles. The van der Waals surface area contributed by atoms with Crippen molar-refractivity contribution in [3.8, 4) is 0 Å². The molecule has 7 heteroatoms. The van der Waals surface area contributed by atoms with Crippen molar-refractivity contribution in [1.82, 2.24) is 0 Å². The normalized spacial score (nSPS) is 37.7. The highest BCUT2D eigenvalue weighted by Crippen LogP contribution is 2.70. The number of hydrogen-bond donors (Lipinski definition) is 0. The SMILES string of the molecule is CCCCC[C@@H]1C(=O)[C@]2(Cl)C(Cl)=C(Cl)[C@@]1(Cl)C2(OC)OC. The fourth-order valence-corrected chi connectivity index (χ4v) is 5.55. The monoisotopic (exact) mass is 374 g/mol. The maximum absolute atomic E-state index is 12.8. The largest absolute Gasteiger partial charge is 0.349 e. The van der Waals surface area contributed by atoms with Gasteiger partial charge in [-0.05, 0) is 6.42 Å². The highest BCUT2D eigenvalue weighted by molar-refractivity contribution is 6.58. The van der Waals surface area contributed by atoms with Crippen LogP contribution >= 0.6 is 46.4 Å². The maximum Gasteiger partial charge on any atom is 0.225 e. The third kappa shape index (κ3) is 1.85. The smallest absolute Gasteiger partial charge is 0.225 e. The number of ketones is 1. The molecule has 0 unspecified atom stereocenters. The zero-order valence-electron chi connectivity index (χ0n) is 12.1. The van der Waals surface area contributed by atoms with Crippen molar-refractivity contribution in [2.75, 3.05) is 14.2 Å². The average molecular weight is 376 g/mol. The second-order valence-electron chi connectivity index (χ2n) is 5.44. The molecule has 0 spiro atoms. The standard InChI is InChI=1S/C14H18Cl4O3/c1-4-5-6-7-8-11(19)13(18)10(16)9(15)12(8,17)14(13,20-2)21-3/h8H,4-7H2,1-3H3/t8-,12-,13-/m1/s1. The maximum atomic E-state index is 12.8. The van der Waals surface area contributed by atoms with Gasteiger partial charge in [0.1, 0.15) is 4.87 Å². The Morgan fingerprint density at radius 1 is 1.10 bits per heavy atom. The third-order valence-electron chi connectivity index (χ3n) is 4.55. The van der Waals surface area contributed by atoms with E-state index in [0.29, 0.717) is 6.42 Å². The molecule has 2 aliphatic rings. The number of ether oxygens (including phenoxy) is 2. The van der Waals surface area contributed by atoms with Gasteiger partial charge in [0.15, 0.2) is 10.7 Å². The summed E-state index contributed by atoms with van der Waals surface area (Å²) in [5.41, 5.74) is 0. The fourth-order valence-electron chi connectivity index (χ4n) is 3.51. The number of Topliss-reactive ketones (excluding diaryl/α,β-unsaturated/α-hetero) is 1. The van der Waals surface area contributed by atoms with Crippen LogP contribution < -0.4 is 0 Å². The molecule has 1 fully saturated rings. The first-order valence-electron chi connectivity index (χ1n) is 6.88. The van der Waals surface area contributed by atoms with E-state index in [2.05, 4.69) is 6.92 Å². The molecule has 0 radical (unpaired) electrons. The van der Waals surface area contributed by atoms with Gasteiger partial charge in [0.25, 0.3) is 0 Å². The van der Waals surface area contributed by atoms with Crippen molar-refractivity contribution in [1.29, 1.82) is 0 Å². The Morgan fingerprint density at radius 3 is 2.10 bits per heavy atom. The van der Waals surface area contributed by atoms with Gasteiger partial charge >= 0.3 is 0 Å². The average Bonchev–Trinajstić information content (AvgIpc) is 2.70. The zero-order valence-corrected chi connectivity index (χ0v) is 15.2. The lowest BCUT2D eigenvalue weighted by atomic mass is 9.86. The summed E-state index contributed by atoms with van der Waals surface area (Å²) >= 11 is 25.8. The molecule has 1 saturated carbocycles. The molecule has 2 bridgehead atoms. The molecule has 2 rings (SSSR count). The lowest BCUT2D eigenvalue weighted by Crippen LogP contribution is -2.57. The molecule has 0 aromatic rings. The number of carbonyl (C=O) groups excluding carboxylic acids is 1. The minimum absolute atomic E-state index is 0.00118. The lowest BCUT2D eigenvalue weighted by Gasteiger charge is -2.40. The van der Waals surface area contributed by atoms with E-state index in [1.807, 2.05) is 0 Å². The molecule has 0 heterocycles. The summed E-state index contributed by atoms with van der Waals surface area (Å²) in [5.74, 6) is -2.46. The van der Waals surface area contributed by atoms with Gasteiger partial charge in [0.2, 0.25) is 5.79 Å². The van der Waals surface area contributed by atoms with E-state index in [0.717, 1.165) is 19.3 Å². The second-order valence-corrected chi connectivity index (χ2v) is 7.35. The van der Waals surface area contributed by atoms with Gasteiger partial charge < -0.3 is 9.47 Å². The Kier molecular flexibility index (Phi) is 4.97. The van der Waals surface area contributed by atoms with Crippen LogP contribution in [0.15, 0.2) is 10.1 Å². The van der Waals surface area contributed by atoms with Gasteiger partial charge in [0, 0.05) is 20.1 Å². The molecule has 0 aliphatic heterocycles. The van der Waals surface area contributed by atoms with Crippen LogP contribution in [0.3, 0.4) is 0 Å². The zero-order chi connectivity index (χ0) is 16.1. The van der Waals surface area contributed by atoms with E-state index in [1.54, 1.807) is 0 Å². The van der Waals surface area contributed by atoms with Gasteiger partial charge in [-0.1, -0.05) is 61.0 Å². The van der Waals surface area contributed by atoms with Gasteiger partial charge in [0.05, 0.1) is 10.1 Å². The van der Waals surface area contributed by atoms with E-state index in [1.165, 1.54) is 14.2 Å². The number of fused-ring (bicyclic) bond motifs is 2.